The molecule has 0 atom stereocenters. The molecule has 0 aromatic carbocycles. The van der Waals surface area contributed by atoms with Crippen LogP contribution in [0.4, 0.5) is 0 Å². The molecule has 0 unspecified atom stereocenters. The molecule has 0 aromatic heterocycles. The van der Waals surface area contributed by atoms with Crippen molar-refractivity contribution < 1.29 is 5.11 Å². The number of hydrogen-bond acceptors (Lipinski definition) is 3. The van der Waals surface area contributed by atoms with Gasteiger partial charge in [-0.05, 0) is 37.0 Å². The predicted molar refractivity (Wildman–Crippen MR) is 79.9 cm³/mol. The summed E-state index contributed by atoms with van der Waals surface area (Å²) in [6, 6.07) is 0. The van der Waals surface area contributed by atoms with Gasteiger partial charge in [-0.25, -0.2) is 0 Å². The molecule has 0 aromatic rings. The zero-order valence-electron chi connectivity index (χ0n) is 11.9. The van der Waals surface area contributed by atoms with E-state index in [1.165, 1.54) is 25.7 Å². The van der Waals surface area contributed by atoms with E-state index in [1.807, 2.05) is 0 Å². The Kier molecular flexibility index (Phi) is 10.4. The lowest BCUT2D eigenvalue weighted by Crippen LogP contribution is -2.40. The van der Waals surface area contributed by atoms with Gasteiger partial charge in [0.25, 0.3) is 0 Å². The Balaban J connectivity index is 4.44. The lowest BCUT2D eigenvalue weighted by Gasteiger charge is -2.37. The van der Waals surface area contributed by atoms with E-state index in [0.717, 1.165) is 31.8 Å². The second-order valence-corrected chi connectivity index (χ2v) is 5.42. The van der Waals surface area contributed by atoms with Crippen LogP contribution in [-0.4, -0.2) is 42.0 Å². The van der Waals surface area contributed by atoms with Gasteiger partial charge in [-0.1, -0.05) is 33.6 Å². The Morgan fingerprint density at radius 1 is 1.12 bits per heavy atom. The standard InChI is InChI=1S/C14H31NOS/c1-4-8-14(13-17,9-5-2)12-15(6-3)10-7-11-16/h16-17H,4-13H2,1-3H3. The summed E-state index contributed by atoms with van der Waals surface area (Å²) >= 11 is 4.60. The molecule has 0 aliphatic heterocycles. The molecule has 0 fully saturated rings. The van der Waals surface area contributed by atoms with Gasteiger partial charge in [-0.2, -0.15) is 12.6 Å². The molecule has 0 bridgehead atoms. The molecule has 1 N–H and O–H groups in total. The molecule has 0 radical (unpaired) electrons. The van der Waals surface area contributed by atoms with Gasteiger partial charge in [-0.15, -0.1) is 0 Å². The number of thiol groups is 1. The van der Waals surface area contributed by atoms with Crippen LogP contribution >= 0.6 is 12.6 Å². The van der Waals surface area contributed by atoms with Crippen molar-refractivity contribution in [2.75, 3.05) is 32.0 Å². The zero-order chi connectivity index (χ0) is 13.1. The summed E-state index contributed by atoms with van der Waals surface area (Å²) in [7, 11) is 0. The summed E-state index contributed by atoms with van der Waals surface area (Å²) in [5.41, 5.74) is 0.373. The summed E-state index contributed by atoms with van der Waals surface area (Å²) in [5, 5.41) is 8.93. The van der Waals surface area contributed by atoms with E-state index in [1.54, 1.807) is 0 Å². The molecular weight excluding hydrogens is 230 g/mol. The maximum atomic E-state index is 8.93. The highest BCUT2D eigenvalue weighted by atomic mass is 32.1. The number of aliphatic hydroxyl groups is 1. The third-order valence-corrected chi connectivity index (χ3v) is 4.21. The first-order valence-electron chi connectivity index (χ1n) is 7.12. The molecule has 2 nitrogen and oxygen atoms in total. The molecule has 0 aliphatic carbocycles. The molecule has 104 valence electrons. The van der Waals surface area contributed by atoms with Crippen LogP contribution in [0.15, 0.2) is 0 Å². The number of aliphatic hydroxyl groups excluding tert-OH is 1. The van der Waals surface area contributed by atoms with E-state index < -0.39 is 0 Å². The quantitative estimate of drug-likeness (QED) is 0.558. The minimum Gasteiger partial charge on any atom is -0.396 e. The SMILES string of the molecule is CCCC(CS)(CCC)CN(CC)CCCO. The van der Waals surface area contributed by atoms with Crippen LogP contribution in [0, 0.1) is 5.41 Å². The van der Waals surface area contributed by atoms with Crippen LogP contribution in [0.5, 0.6) is 0 Å². The van der Waals surface area contributed by atoms with Gasteiger partial charge in [0.1, 0.15) is 0 Å². The van der Waals surface area contributed by atoms with Crippen molar-refractivity contribution >= 4 is 12.6 Å². The fourth-order valence-corrected chi connectivity index (χ4v) is 3.09. The van der Waals surface area contributed by atoms with Crippen LogP contribution in [-0.2, 0) is 0 Å². The minimum absolute atomic E-state index is 0.298. The van der Waals surface area contributed by atoms with Crippen molar-refractivity contribution in [1.29, 1.82) is 0 Å². The number of rotatable bonds is 11. The second kappa shape index (κ2) is 10.2. The summed E-state index contributed by atoms with van der Waals surface area (Å²) in [4.78, 5) is 2.47. The van der Waals surface area contributed by atoms with Crippen molar-refractivity contribution in [3.8, 4) is 0 Å². The number of nitrogens with zero attached hydrogens (tertiary/aromatic N) is 1. The maximum Gasteiger partial charge on any atom is 0.0443 e. The van der Waals surface area contributed by atoms with Gasteiger partial charge in [0.2, 0.25) is 0 Å². The van der Waals surface area contributed by atoms with Crippen molar-refractivity contribution in [2.45, 2.75) is 52.9 Å². The Labute approximate surface area is 113 Å². The highest BCUT2D eigenvalue weighted by Crippen LogP contribution is 2.32. The predicted octanol–water partition coefficient (Wildman–Crippen LogP) is 3.21. The van der Waals surface area contributed by atoms with E-state index in [4.69, 9.17) is 5.11 Å². The van der Waals surface area contributed by atoms with Crippen molar-refractivity contribution in [2.24, 2.45) is 5.41 Å². The first-order chi connectivity index (χ1) is 8.17. The first-order valence-corrected chi connectivity index (χ1v) is 7.75. The van der Waals surface area contributed by atoms with E-state index in [9.17, 15) is 0 Å². The zero-order valence-corrected chi connectivity index (χ0v) is 12.8. The highest BCUT2D eigenvalue weighted by Gasteiger charge is 2.28. The van der Waals surface area contributed by atoms with Gasteiger partial charge in [0.15, 0.2) is 0 Å². The average Bonchev–Trinajstić information content (AvgIpc) is 2.34. The second-order valence-electron chi connectivity index (χ2n) is 5.10. The molecule has 0 aliphatic rings. The smallest absolute Gasteiger partial charge is 0.0443 e. The molecule has 0 heterocycles. The van der Waals surface area contributed by atoms with Crippen molar-refractivity contribution in [3.05, 3.63) is 0 Å². The average molecular weight is 261 g/mol. The fraction of sp³-hybridized carbons (Fsp3) is 1.00. The topological polar surface area (TPSA) is 23.5 Å². The van der Waals surface area contributed by atoms with E-state index in [0.29, 0.717) is 12.0 Å². The fourth-order valence-electron chi connectivity index (χ4n) is 2.67. The Bertz CT molecular complexity index is 170. The Morgan fingerprint density at radius 2 is 1.71 bits per heavy atom. The molecule has 0 spiro atoms. The first kappa shape index (κ1) is 17.3. The third-order valence-electron chi connectivity index (χ3n) is 3.53. The summed E-state index contributed by atoms with van der Waals surface area (Å²) in [6.07, 6.45) is 5.88. The lowest BCUT2D eigenvalue weighted by atomic mass is 9.80. The van der Waals surface area contributed by atoms with Crippen LogP contribution in [0.1, 0.15) is 52.9 Å². The summed E-state index contributed by atoms with van der Waals surface area (Å²) in [5.74, 6) is 0.976. The number of hydrogen-bond donors (Lipinski definition) is 2. The third kappa shape index (κ3) is 6.68. The van der Waals surface area contributed by atoms with Crippen LogP contribution in [0.25, 0.3) is 0 Å². The van der Waals surface area contributed by atoms with Gasteiger partial charge >= 0.3 is 0 Å². The largest absolute Gasteiger partial charge is 0.396 e. The maximum absolute atomic E-state index is 8.93. The van der Waals surface area contributed by atoms with E-state index in [2.05, 4.69) is 38.3 Å². The molecule has 0 saturated heterocycles. The highest BCUT2D eigenvalue weighted by molar-refractivity contribution is 7.80. The summed E-state index contributed by atoms with van der Waals surface area (Å²) in [6.45, 7) is 10.2. The molecular formula is C14H31NOS. The molecule has 0 saturated carbocycles. The van der Waals surface area contributed by atoms with Gasteiger partial charge in [-0.3, -0.25) is 0 Å². The van der Waals surface area contributed by atoms with Crippen LogP contribution in [0.3, 0.4) is 0 Å². The molecule has 3 heteroatoms. The van der Waals surface area contributed by atoms with Crippen LogP contribution < -0.4 is 0 Å². The minimum atomic E-state index is 0.298. The molecule has 0 amide bonds. The van der Waals surface area contributed by atoms with E-state index in [-0.39, 0.29) is 0 Å². The van der Waals surface area contributed by atoms with Gasteiger partial charge in [0, 0.05) is 19.7 Å². The monoisotopic (exact) mass is 261 g/mol. The Hall–Kier alpha value is 0.270. The lowest BCUT2D eigenvalue weighted by molar-refractivity contribution is 0.141. The Morgan fingerprint density at radius 3 is 2.06 bits per heavy atom. The van der Waals surface area contributed by atoms with Crippen molar-refractivity contribution in [1.82, 2.24) is 4.90 Å². The molecule has 0 rings (SSSR count). The van der Waals surface area contributed by atoms with Crippen LogP contribution in [0.2, 0.25) is 0 Å². The van der Waals surface area contributed by atoms with Gasteiger partial charge < -0.3 is 10.0 Å². The molecule has 17 heavy (non-hydrogen) atoms. The van der Waals surface area contributed by atoms with Gasteiger partial charge in [0.05, 0.1) is 0 Å². The van der Waals surface area contributed by atoms with E-state index >= 15 is 0 Å². The summed E-state index contributed by atoms with van der Waals surface area (Å²) < 4.78 is 0. The van der Waals surface area contributed by atoms with Crippen molar-refractivity contribution in [3.63, 3.8) is 0 Å². The normalized spacial score (nSPS) is 12.4.